The van der Waals surface area contributed by atoms with E-state index in [2.05, 4.69) is 10.3 Å². The topological polar surface area (TPSA) is 147 Å². The largest absolute Gasteiger partial charge is 0.466 e. The maximum absolute atomic E-state index is 13.1. The monoisotopic (exact) mass is 466 g/mol. The van der Waals surface area contributed by atoms with Gasteiger partial charge in [0.25, 0.3) is 11.8 Å². The fourth-order valence-electron chi connectivity index (χ4n) is 3.89. The van der Waals surface area contributed by atoms with Crippen molar-refractivity contribution in [2.75, 3.05) is 35.7 Å². The number of nitrogens with two attached hydrogens (primary N) is 1. The zero-order valence-electron chi connectivity index (χ0n) is 18.6. The molecule has 0 aliphatic carbocycles. The number of amides is 2. The van der Waals surface area contributed by atoms with Crippen molar-refractivity contribution in [2.24, 2.45) is 0 Å². The summed E-state index contributed by atoms with van der Waals surface area (Å²) in [5.41, 5.74) is 7.51. The van der Waals surface area contributed by atoms with E-state index in [1.54, 1.807) is 55.6 Å². The van der Waals surface area contributed by atoms with Crippen molar-refractivity contribution < 1.29 is 29.0 Å². The van der Waals surface area contributed by atoms with Crippen LogP contribution >= 0.6 is 0 Å². The number of nitrogen functional groups attached to an aromatic ring is 1. The molecule has 2 amide bonds. The molecule has 1 aromatic heterocycles. The number of nitrogens with one attached hydrogen (secondary N) is 2. The van der Waals surface area contributed by atoms with Crippen molar-refractivity contribution in [1.29, 1.82) is 0 Å². The summed E-state index contributed by atoms with van der Waals surface area (Å²) in [6.07, 6.45) is -1.30. The number of hydrogen-bond donors (Lipinski definition) is 4. The average molecular weight is 466 g/mol. The molecular formula is C24H26N4O6. The van der Waals surface area contributed by atoms with Gasteiger partial charge in [0.1, 0.15) is 5.82 Å². The summed E-state index contributed by atoms with van der Waals surface area (Å²) < 4.78 is 10.4. The van der Waals surface area contributed by atoms with E-state index < -0.39 is 24.0 Å². The third-order valence-electron chi connectivity index (χ3n) is 5.55. The quantitative estimate of drug-likeness (QED) is 0.387. The maximum Gasteiger partial charge on any atom is 0.310 e. The maximum atomic E-state index is 13.1. The van der Waals surface area contributed by atoms with E-state index in [4.69, 9.17) is 15.2 Å². The molecule has 0 unspecified atom stereocenters. The zero-order chi connectivity index (χ0) is 24.2. The Morgan fingerprint density at radius 1 is 1.32 bits per heavy atom. The summed E-state index contributed by atoms with van der Waals surface area (Å²) in [6.45, 7) is 2.40. The molecule has 10 nitrogen and oxygen atoms in total. The number of aliphatic hydroxyl groups is 1. The molecule has 1 aliphatic rings. The van der Waals surface area contributed by atoms with E-state index in [1.807, 2.05) is 0 Å². The van der Waals surface area contributed by atoms with Crippen molar-refractivity contribution in [3.8, 4) is 0 Å². The number of fused-ring (bicyclic) bond motifs is 1. The van der Waals surface area contributed by atoms with Crippen molar-refractivity contribution in [2.45, 2.75) is 25.6 Å². The average Bonchev–Trinajstić information content (AvgIpc) is 3.19. The van der Waals surface area contributed by atoms with E-state index in [0.29, 0.717) is 22.8 Å². The summed E-state index contributed by atoms with van der Waals surface area (Å²) in [4.78, 5) is 41.9. The smallest absolute Gasteiger partial charge is 0.310 e. The predicted octanol–water partition coefficient (Wildman–Crippen LogP) is 1.59. The highest BCUT2D eigenvalue weighted by atomic mass is 16.5. The Morgan fingerprint density at radius 3 is 2.94 bits per heavy atom. The number of aromatic nitrogens is 1. The molecule has 2 atom stereocenters. The lowest BCUT2D eigenvalue weighted by atomic mass is 10.1. The van der Waals surface area contributed by atoms with Crippen LogP contribution in [0.4, 0.5) is 17.2 Å². The highest BCUT2D eigenvalue weighted by Gasteiger charge is 2.39. The highest BCUT2D eigenvalue weighted by Crippen LogP contribution is 2.25. The van der Waals surface area contributed by atoms with Gasteiger partial charge in [0, 0.05) is 34.9 Å². The molecule has 0 radical (unpaired) electrons. The number of carbonyl (C=O) groups excluding carboxylic acids is 3. The molecule has 0 saturated carbocycles. The molecule has 0 spiro atoms. The molecule has 4 rings (SSSR count). The van der Waals surface area contributed by atoms with Gasteiger partial charge in [-0.1, -0.05) is 12.1 Å². The van der Waals surface area contributed by atoms with E-state index in [9.17, 15) is 19.5 Å². The summed E-state index contributed by atoms with van der Waals surface area (Å²) in [5, 5.41) is 14.8. The van der Waals surface area contributed by atoms with Crippen LogP contribution in [0.3, 0.4) is 0 Å². The molecule has 0 bridgehead atoms. The Morgan fingerprint density at radius 2 is 2.15 bits per heavy atom. The van der Waals surface area contributed by atoms with Gasteiger partial charge in [0.15, 0.2) is 12.2 Å². The second-order valence-electron chi connectivity index (χ2n) is 7.87. The number of H-pyrrole nitrogens is 1. The van der Waals surface area contributed by atoms with Crippen molar-refractivity contribution in [3.63, 3.8) is 0 Å². The second-order valence-corrected chi connectivity index (χ2v) is 7.87. The molecule has 3 aromatic rings. The van der Waals surface area contributed by atoms with Crippen LogP contribution < -0.4 is 16.0 Å². The van der Waals surface area contributed by atoms with Gasteiger partial charge in [0.05, 0.1) is 19.6 Å². The van der Waals surface area contributed by atoms with Gasteiger partial charge >= 0.3 is 5.97 Å². The minimum Gasteiger partial charge on any atom is -0.466 e. The number of ether oxygens (including phenoxy) is 2. The Labute approximate surface area is 195 Å². The number of carbonyl (C=O) groups is 3. The lowest BCUT2D eigenvalue weighted by Gasteiger charge is -2.34. The third-order valence-corrected chi connectivity index (χ3v) is 5.55. The van der Waals surface area contributed by atoms with Gasteiger partial charge < -0.3 is 35.5 Å². The first-order valence-electron chi connectivity index (χ1n) is 10.9. The number of nitrogens with zero attached hydrogens (tertiary/aromatic N) is 1. The van der Waals surface area contributed by atoms with Gasteiger partial charge in [-0.2, -0.15) is 0 Å². The first-order valence-corrected chi connectivity index (χ1v) is 10.9. The summed E-state index contributed by atoms with van der Waals surface area (Å²) in [5.74, 6) is -1.16. The van der Waals surface area contributed by atoms with Gasteiger partial charge in [-0.15, -0.1) is 0 Å². The van der Waals surface area contributed by atoms with Crippen LogP contribution in [0.25, 0.3) is 10.8 Å². The number of anilines is 3. The van der Waals surface area contributed by atoms with E-state index >= 15 is 0 Å². The first-order chi connectivity index (χ1) is 16.4. The highest BCUT2D eigenvalue weighted by molar-refractivity contribution is 6.04. The lowest BCUT2D eigenvalue weighted by molar-refractivity contribution is -0.150. The van der Waals surface area contributed by atoms with Crippen LogP contribution in [0.5, 0.6) is 0 Å². The standard InChI is InChI=1S/C24H26N4O6/c1-2-33-19(29)11-14-4-3-5-17(10-14)28-8-9-34-21(24(28)32)20(30)23(31)27-16-6-7-18-15(12-16)13-26-22(18)25/h3-7,10,12-13,20-21,26,30H,2,8-9,11,25H2,1H3,(H,27,31)/t20-,21-/m1/s1. The first kappa shape index (κ1) is 23.3. The molecule has 1 saturated heterocycles. The number of hydrogen-bond acceptors (Lipinski definition) is 7. The molecule has 1 aliphatic heterocycles. The van der Waals surface area contributed by atoms with Gasteiger partial charge in [-0.25, -0.2) is 0 Å². The molecule has 178 valence electrons. The summed E-state index contributed by atoms with van der Waals surface area (Å²) in [7, 11) is 0. The molecule has 34 heavy (non-hydrogen) atoms. The predicted molar refractivity (Wildman–Crippen MR) is 126 cm³/mol. The van der Waals surface area contributed by atoms with Gasteiger partial charge in [-0.3, -0.25) is 14.4 Å². The number of aliphatic hydroxyl groups excluding tert-OH is 1. The van der Waals surface area contributed by atoms with Crippen LogP contribution in [-0.4, -0.2) is 59.8 Å². The Bertz CT molecular complexity index is 1220. The minimum absolute atomic E-state index is 0.0752. The number of benzene rings is 2. The summed E-state index contributed by atoms with van der Waals surface area (Å²) in [6, 6.07) is 12.0. The van der Waals surface area contributed by atoms with E-state index in [0.717, 1.165) is 10.8 Å². The number of aromatic amines is 1. The Kier molecular flexibility index (Phi) is 6.80. The van der Waals surface area contributed by atoms with E-state index in [-0.39, 0.29) is 32.1 Å². The molecule has 2 aromatic carbocycles. The number of rotatable bonds is 7. The molecule has 1 fully saturated rings. The van der Waals surface area contributed by atoms with Gasteiger partial charge in [0.2, 0.25) is 0 Å². The van der Waals surface area contributed by atoms with Crippen LogP contribution in [0.1, 0.15) is 12.5 Å². The molecule has 2 heterocycles. The number of esters is 1. The van der Waals surface area contributed by atoms with Crippen molar-refractivity contribution >= 4 is 45.7 Å². The van der Waals surface area contributed by atoms with Crippen LogP contribution in [0.15, 0.2) is 48.7 Å². The number of morpholine rings is 1. The van der Waals surface area contributed by atoms with E-state index in [1.165, 1.54) is 4.90 Å². The van der Waals surface area contributed by atoms with Crippen LogP contribution in [0.2, 0.25) is 0 Å². The van der Waals surface area contributed by atoms with Crippen molar-refractivity contribution in [3.05, 3.63) is 54.2 Å². The van der Waals surface area contributed by atoms with Crippen LogP contribution in [-0.2, 0) is 30.3 Å². The lowest BCUT2D eigenvalue weighted by Crippen LogP contribution is -2.55. The third kappa shape index (κ3) is 4.87. The van der Waals surface area contributed by atoms with Crippen molar-refractivity contribution in [1.82, 2.24) is 4.98 Å². The second kappa shape index (κ2) is 9.94. The Hall–Kier alpha value is -3.89. The fourth-order valence-corrected chi connectivity index (χ4v) is 3.89. The minimum atomic E-state index is -1.72. The SMILES string of the molecule is CCOC(=O)Cc1cccc(N2CCO[C@H]([C@@H](O)C(=O)Nc3ccc4c(N)[nH]cc4c3)C2=O)c1. The Balaban J connectivity index is 1.45. The molecule has 5 N–H and O–H groups in total. The zero-order valence-corrected chi connectivity index (χ0v) is 18.6. The summed E-state index contributed by atoms with van der Waals surface area (Å²) >= 11 is 0. The van der Waals surface area contributed by atoms with Crippen LogP contribution in [0, 0.1) is 0 Å². The molecule has 10 heteroatoms. The van der Waals surface area contributed by atoms with Gasteiger partial charge in [-0.05, 0) is 42.8 Å². The fraction of sp³-hybridized carbons (Fsp3) is 0.292. The molecular weight excluding hydrogens is 440 g/mol. The normalized spacial score (nSPS) is 16.9.